The Morgan fingerprint density at radius 3 is 1.34 bits per heavy atom. The van der Waals surface area contributed by atoms with Gasteiger partial charge in [0.1, 0.15) is 12.2 Å². The Kier molecular flexibility index (Phi) is 17.4. The largest absolute Gasteiger partial charge is 0.462 e. The number of fused-ring (bicyclic) bond motifs is 18. The Labute approximate surface area is 431 Å². The summed E-state index contributed by atoms with van der Waals surface area (Å²) < 4.78 is 35.5. The molecule has 10 heteroatoms. The lowest BCUT2D eigenvalue weighted by molar-refractivity contribution is -0.175. The summed E-state index contributed by atoms with van der Waals surface area (Å²) >= 11 is 0. The molecule has 13 rings (SSSR count). The van der Waals surface area contributed by atoms with Crippen molar-refractivity contribution in [3.8, 4) is 0 Å². The van der Waals surface area contributed by atoms with Crippen LogP contribution in [0, 0.1) is 117 Å². The summed E-state index contributed by atoms with van der Waals surface area (Å²) in [5, 5.41) is 0. The van der Waals surface area contributed by atoms with Gasteiger partial charge in [-0.1, -0.05) is 62.8 Å². The molecule has 0 N–H and O–H groups in total. The predicted molar refractivity (Wildman–Crippen MR) is 277 cm³/mol. The Bertz CT molecular complexity index is 1830. The smallest absolute Gasteiger partial charge is 0.311 e. The third-order valence-electron chi connectivity index (χ3n) is 22.4. The van der Waals surface area contributed by atoms with Gasteiger partial charge in [0.25, 0.3) is 0 Å². The lowest BCUT2D eigenvalue weighted by Crippen LogP contribution is -2.48. The summed E-state index contributed by atoms with van der Waals surface area (Å²) in [4.78, 5) is 51.6. The highest BCUT2D eigenvalue weighted by Crippen LogP contribution is 2.71. The second-order valence-corrected chi connectivity index (χ2v) is 26.8. The highest BCUT2D eigenvalue weighted by Gasteiger charge is 2.68. The van der Waals surface area contributed by atoms with Crippen molar-refractivity contribution in [3.05, 3.63) is 0 Å². The minimum atomic E-state index is -0.418. The molecule has 16 atom stereocenters. The summed E-state index contributed by atoms with van der Waals surface area (Å²) in [6, 6.07) is 0. The van der Waals surface area contributed by atoms with Crippen LogP contribution in [0.4, 0.5) is 0 Å². The number of esters is 4. The van der Waals surface area contributed by atoms with Gasteiger partial charge >= 0.3 is 23.9 Å². The molecule has 406 valence electrons. The molecule has 0 radical (unpaired) electrons. The van der Waals surface area contributed by atoms with Crippen molar-refractivity contribution < 1.29 is 47.6 Å². The average molecular weight is 995 g/mol. The van der Waals surface area contributed by atoms with Crippen LogP contribution in [0.3, 0.4) is 0 Å². The molecule has 0 amide bonds. The number of ether oxygens (including phenoxy) is 6. The van der Waals surface area contributed by atoms with Crippen LogP contribution in [0.15, 0.2) is 0 Å². The van der Waals surface area contributed by atoms with Gasteiger partial charge < -0.3 is 28.4 Å². The minimum Gasteiger partial charge on any atom is -0.462 e. The summed E-state index contributed by atoms with van der Waals surface area (Å²) in [5.74, 6) is 9.54. The number of hydrogen-bond donors (Lipinski definition) is 0. The summed E-state index contributed by atoms with van der Waals surface area (Å²) in [5.41, 5.74) is -0.471. The fourth-order valence-corrected chi connectivity index (χ4v) is 19.2. The second-order valence-electron chi connectivity index (χ2n) is 26.8. The van der Waals surface area contributed by atoms with Crippen molar-refractivity contribution >= 4 is 23.9 Å². The first kappa shape index (κ1) is 56.5. The first-order valence-corrected chi connectivity index (χ1v) is 28.1. The van der Waals surface area contributed by atoms with E-state index in [1.165, 1.54) is 70.6 Å². The molecular weight excluding hydrogens is 893 g/mol. The van der Waals surface area contributed by atoms with Crippen molar-refractivity contribution in [1.82, 2.24) is 0 Å². The maximum absolute atomic E-state index is 13.2. The van der Waals surface area contributed by atoms with Crippen LogP contribution in [0.1, 0.15) is 206 Å². The van der Waals surface area contributed by atoms with E-state index in [-0.39, 0.29) is 97.3 Å². The Hall–Kier alpha value is -2.20. The minimum absolute atomic E-state index is 0. The monoisotopic (exact) mass is 995 g/mol. The number of carbonyl (C=O) groups excluding carboxylic acids is 4. The van der Waals surface area contributed by atoms with Gasteiger partial charge in [-0.15, -0.1) is 0 Å². The van der Waals surface area contributed by atoms with Crippen molar-refractivity contribution in [1.29, 1.82) is 0 Å². The lowest BCUT2D eigenvalue weighted by Gasteiger charge is -2.56. The maximum Gasteiger partial charge on any atom is 0.311 e. The molecule has 13 saturated carbocycles. The fraction of sp³-hybridized carbons (Fsp3) is 0.934. The van der Waals surface area contributed by atoms with Crippen molar-refractivity contribution in [2.75, 3.05) is 20.2 Å². The molecule has 13 fully saturated rings. The zero-order valence-electron chi connectivity index (χ0n) is 42.1. The van der Waals surface area contributed by atoms with E-state index >= 15 is 0 Å². The van der Waals surface area contributed by atoms with E-state index in [2.05, 4.69) is 6.92 Å². The van der Waals surface area contributed by atoms with Gasteiger partial charge in [0, 0.05) is 0 Å². The predicted octanol–water partition coefficient (Wildman–Crippen LogP) is 13.7. The third-order valence-corrected chi connectivity index (χ3v) is 22.4. The molecular formula is C61H102O10. The van der Waals surface area contributed by atoms with Crippen molar-refractivity contribution in [2.45, 2.75) is 224 Å². The first-order chi connectivity index (χ1) is 32.1. The Morgan fingerprint density at radius 1 is 0.493 bits per heavy atom. The molecule has 10 nitrogen and oxygen atoms in total. The van der Waals surface area contributed by atoms with E-state index < -0.39 is 10.8 Å². The normalized spacial score (nSPS) is 43.2. The zero-order chi connectivity index (χ0) is 46.6. The van der Waals surface area contributed by atoms with E-state index in [9.17, 15) is 19.2 Å². The number of carbonyl (C=O) groups is 4. The molecule has 71 heavy (non-hydrogen) atoms. The zero-order valence-corrected chi connectivity index (χ0v) is 42.1. The average Bonchev–Trinajstić information content (AvgIpc) is 4.18. The third kappa shape index (κ3) is 10.3. The fourth-order valence-electron chi connectivity index (χ4n) is 19.2. The molecule has 0 spiro atoms. The molecule has 0 aliphatic heterocycles. The van der Waals surface area contributed by atoms with Gasteiger partial charge in [-0.25, -0.2) is 0 Å². The molecule has 0 aromatic carbocycles. The Morgan fingerprint density at radius 2 is 0.901 bits per heavy atom. The molecule has 0 saturated heterocycles. The highest BCUT2D eigenvalue weighted by atomic mass is 16.7. The van der Waals surface area contributed by atoms with E-state index in [0.717, 1.165) is 100 Å². The van der Waals surface area contributed by atoms with Crippen LogP contribution in [0.2, 0.25) is 0 Å². The van der Waals surface area contributed by atoms with Gasteiger partial charge in [0.15, 0.2) is 13.6 Å². The van der Waals surface area contributed by atoms with Gasteiger partial charge in [0.2, 0.25) is 0 Å². The summed E-state index contributed by atoms with van der Waals surface area (Å²) in [7, 11) is 0. The van der Waals surface area contributed by atoms with Crippen molar-refractivity contribution in [3.63, 3.8) is 0 Å². The van der Waals surface area contributed by atoms with Crippen molar-refractivity contribution in [2.24, 2.45) is 117 Å². The molecule has 0 aromatic rings. The highest BCUT2D eigenvalue weighted by molar-refractivity contribution is 5.77. The molecule has 0 aromatic heterocycles. The number of hydrogen-bond acceptors (Lipinski definition) is 10. The number of rotatable bonds is 15. The topological polar surface area (TPSA) is 124 Å². The molecule has 16 unspecified atom stereocenters. The molecule has 13 aliphatic rings. The van der Waals surface area contributed by atoms with E-state index in [1.807, 2.05) is 34.6 Å². The van der Waals surface area contributed by atoms with E-state index in [0.29, 0.717) is 64.6 Å². The Balaban J connectivity index is 0.000000200. The summed E-state index contributed by atoms with van der Waals surface area (Å²) in [6.45, 7) is 13.0. The SMILES string of the molecule is C.C.C.C.CCC(C)(C)C(=O)OC1CC2CC1C1C3CC(CC3C(=O)OCOC3CCCCC3)C21.CCC(C)(C)C(=O)OC1CC2CC1C1C3CC(CC3C(=O)OCOCC34CC5CC(CC(C5)C3)C4)C21. The van der Waals surface area contributed by atoms with Crippen LogP contribution >= 0.6 is 0 Å². The van der Waals surface area contributed by atoms with Gasteiger partial charge in [0.05, 0.1) is 35.4 Å². The van der Waals surface area contributed by atoms with Crippen LogP contribution < -0.4 is 0 Å². The first-order valence-electron chi connectivity index (χ1n) is 28.1. The van der Waals surface area contributed by atoms with Crippen LogP contribution in [0.25, 0.3) is 0 Å². The lowest BCUT2D eigenvalue weighted by atomic mass is 9.50. The van der Waals surface area contributed by atoms with Crippen LogP contribution in [-0.4, -0.2) is 62.4 Å². The van der Waals surface area contributed by atoms with Gasteiger partial charge in [-0.2, -0.15) is 0 Å². The quantitative estimate of drug-likeness (QED) is 0.0515. The van der Waals surface area contributed by atoms with E-state index in [1.54, 1.807) is 0 Å². The summed E-state index contributed by atoms with van der Waals surface area (Å²) in [6.07, 6.45) is 24.9. The van der Waals surface area contributed by atoms with E-state index in [4.69, 9.17) is 28.4 Å². The molecule has 13 aliphatic carbocycles. The van der Waals surface area contributed by atoms with Crippen LogP contribution in [-0.2, 0) is 47.6 Å². The van der Waals surface area contributed by atoms with Crippen LogP contribution in [0.5, 0.6) is 0 Å². The van der Waals surface area contributed by atoms with Gasteiger partial charge in [-0.3, -0.25) is 19.2 Å². The molecule has 12 bridgehead atoms. The molecule has 0 heterocycles. The standard InChI is InChI=1S/C31H46O5.C26H40O5.4CH4/c1-4-30(2,3)29(33)36-25-11-21-10-24(25)27-22-8-20(26(21)27)9-23(22)28(32)35-16-34-15-31-12-17-5-18(13-31)7-19(6-17)14-31;1-4-26(2,3)25(28)31-21-13-16-12-20(21)23-18-10-15(22(16)23)11-19(18)24(27)30-14-29-17-8-6-5-7-9-17;;;;/h17-27H,4-16H2,1-3H3;15-23H,4-14H2,1-3H3;4*1H4. The second kappa shape index (κ2) is 21.8. The maximum atomic E-state index is 13.2. The van der Waals surface area contributed by atoms with Gasteiger partial charge in [-0.05, 0) is 237 Å².